The Kier molecular flexibility index (Phi) is 11.1. The van der Waals surface area contributed by atoms with Gasteiger partial charge in [0, 0.05) is 12.2 Å². The van der Waals surface area contributed by atoms with Crippen LogP contribution < -0.4 is 4.74 Å². The van der Waals surface area contributed by atoms with Crippen LogP contribution in [0.5, 0.6) is 5.75 Å². The summed E-state index contributed by atoms with van der Waals surface area (Å²) in [5.41, 5.74) is 6.16. The Morgan fingerprint density at radius 1 is 0.841 bits per heavy atom. The largest absolute Gasteiger partial charge is 0.490 e. The van der Waals surface area contributed by atoms with Crippen LogP contribution >= 0.6 is 0 Å². The van der Waals surface area contributed by atoms with Gasteiger partial charge >= 0.3 is 11.9 Å². The first-order chi connectivity index (χ1) is 21.5. The van der Waals surface area contributed by atoms with E-state index in [0.717, 1.165) is 46.4 Å². The zero-order valence-electron chi connectivity index (χ0n) is 25.1. The van der Waals surface area contributed by atoms with Crippen LogP contribution in [0.3, 0.4) is 0 Å². The number of esters is 2. The van der Waals surface area contributed by atoms with Gasteiger partial charge < -0.3 is 18.9 Å². The summed E-state index contributed by atoms with van der Waals surface area (Å²) in [6.45, 7) is 13.8. The quantitative estimate of drug-likeness (QED) is 0.127. The molecule has 0 spiro atoms. The predicted octanol–water partition coefficient (Wildman–Crippen LogP) is 7.43. The van der Waals surface area contributed by atoms with Crippen LogP contribution in [0.25, 0.3) is 0 Å². The highest BCUT2D eigenvalue weighted by Gasteiger charge is 2.47. The number of hydrogen-bond donors (Lipinski definition) is 0. The minimum atomic E-state index is -0.621. The van der Waals surface area contributed by atoms with E-state index < -0.39 is 17.4 Å². The van der Waals surface area contributed by atoms with Crippen molar-refractivity contribution in [3.8, 4) is 5.75 Å². The Hall–Kier alpha value is -5.10. The molecule has 3 aliphatic carbocycles. The number of carbonyl (C=O) groups excluding carboxylic acids is 2. The zero-order valence-corrected chi connectivity index (χ0v) is 25.1. The minimum absolute atomic E-state index is 0.131. The molecule has 0 saturated heterocycles. The first-order valence-corrected chi connectivity index (χ1v) is 14.6. The van der Waals surface area contributed by atoms with Gasteiger partial charge in [-0.1, -0.05) is 86.6 Å². The fourth-order valence-corrected chi connectivity index (χ4v) is 5.63. The van der Waals surface area contributed by atoms with E-state index in [9.17, 15) is 9.59 Å². The van der Waals surface area contributed by atoms with Crippen LogP contribution in [-0.4, -0.2) is 38.4 Å². The number of ether oxygens (including phenoxy) is 4. The molecule has 0 aliphatic heterocycles. The molecule has 3 aliphatic rings. The fourth-order valence-electron chi connectivity index (χ4n) is 5.63. The molecule has 0 radical (unpaired) electrons. The lowest BCUT2D eigenvalue weighted by Crippen LogP contribution is -2.31. The van der Waals surface area contributed by atoms with Crippen LogP contribution in [0.4, 0.5) is 0 Å². The average molecular weight is 591 g/mol. The maximum atomic E-state index is 11.4. The molecule has 6 heteroatoms. The number of rotatable bonds is 14. The molecule has 1 aromatic rings. The molecule has 1 unspecified atom stereocenters. The lowest BCUT2D eigenvalue weighted by molar-refractivity contribution is -0.139. The summed E-state index contributed by atoms with van der Waals surface area (Å²) in [7, 11) is 0. The standard InChI is InChI=1S/C38H38O6/c1-5-13-34-32(6-2)33-16-10-9-11-17-35(33)38(34,29-19-22-31(23-20-29)42-25-27-44-37(40)8-4)28-14-12-15-30(21-18-28)41-24-26-43-36(39)7-3/h5-8,10-13,15-23H,2-4,9,14,24-27H2,1H3/b13-5-. The van der Waals surface area contributed by atoms with Crippen LogP contribution in [0.15, 0.2) is 157 Å². The van der Waals surface area contributed by atoms with Crippen molar-refractivity contribution in [2.75, 3.05) is 26.4 Å². The van der Waals surface area contributed by atoms with Gasteiger partial charge in [0.25, 0.3) is 0 Å². The number of carbonyl (C=O) groups is 2. The minimum Gasteiger partial charge on any atom is -0.490 e. The summed E-state index contributed by atoms with van der Waals surface area (Å²) in [5, 5.41) is 0. The summed E-state index contributed by atoms with van der Waals surface area (Å²) in [5.74, 6) is 0.389. The highest BCUT2D eigenvalue weighted by Crippen LogP contribution is 2.57. The smallest absolute Gasteiger partial charge is 0.330 e. The van der Waals surface area contributed by atoms with E-state index >= 15 is 0 Å². The van der Waals surface area contributed by atoms with Crippen molar-refractivity contribution in [3.05, 3.63) is 162 Å². The molecular formula is C38H38O6. The monoisotopic (exact) mass is 590 g/mol. The molecule has 0 N–H and O–H groups in total. The van der Waals surface area contributed by atoms with E-state index in [2.05, 4.69) is 80.5 Å². The predicted molar refractivity (Wildman–Crippen MR) is 174 cm³/mol. The summed E-state index contributed by atoms with van der Waals surface area (Å²) < 4.78 is 21.9. The van der Waals surface area contributed by atoms with E-state index in [0.29, 0.717) is 17.9 Å². The lowest BCUT2D eigenvalue weighted by Gasteiger charge is -2.37. The Bertz CT molecular complexity index is 1540. The summed E-state index contributed by atoms with van der Waals surface area (Å²) in [6.07, 6.45) is 26.9. The topological polar surface area (TPSA) is 71.1 Å². The van der Waals surface area contributed by atoms with Gasteiger partial charge in [0.1, 0.15) is 37.9 Å². The third-order valence-electron chi connectivity index (χ3n) is 7.42. The molecule has 0 bridgehead atoms. The second-order valence-corrected chi connectivity index (χ2v) is 9.98. The Morgan fingerprint density at radius 3 is 2.18 bits per heavy atom. The normalized spacial score (nSPS) is 19.0. The van der Waals surface area contributed by atoms with Crippen molar-refractivity contribution in [3.63, 3.8) is 0 Å². The van der Waals surface area contributed by atoms with Crippen LogP contribution in [0.2, 0.25) is 0 Å². The molecule has 6 nitrogen and oxygen atoms in total. The molecule has 0 heterocycles. The van der Waals surface area contributed by atoms with E-state index in [1.807, 2.05) is 37.3 Å². The Morgan fingerprint density at radius 2 is 1.52 bits per heavy atom. The van der Waals surface area contributed by atoms with Gasteiger partial charge in [-0.3, -0.25) is 0 Å². The third-order valence-corrected chi connectivity index (χ3v) is 7.42. The third kappa shape index (κ3) is 6.92. The van der Waals surface area contributed by atoms with Gasteiger partial charge in [0.05, 0.1) is 5.41 Å². The first-order valence-electron chi connectivity index (χ1n) is 14.6. The molecule has 0 fully saturated rings. The Labute approximate surface area is 259 Å². The first kappa shape index (κ1) is 31.8. The van der Waals surface area contributed by atoms with Crippen molar-refractivity contribution in [1.29, 1.82) is 0 Å². The maximum absolute atomic E-state index is 11.4. The van der Waals surface area contributed by atoms with Gasteiger partial charge in [0.15, 0.2) is 0 Å². The van der Waals surface area contributed by atoms with Crippen LogP contribution in [0, 0.1) is 0 Å². The van der Waals surface area contributed by atoms with Crippen LogP contribution in [0.1, 0.15) is 25.3 Å². The fraction of sp³-hybridized carbons (Fsp3) is 0.211. The van der Waals surface area contributed by atoms with Crippen molar-refractivity contribution in [2.45, 2.75) is 25.2 Å². The summed E-state index contributed by atoms with van der Waals surface area (Å²) >= 11 is 0. The van der Waals surface area contributed by atoms with E-state index in [1.165, 1.54) is 5.57 Å². The van der Waals surface area contributed by atoms with Crippen molar-refractivity contribution in [1.82, 2.24) is 0 Å². The molecule has 0 amide bonds. The molecule has 1 aromatic carbocycles. The van der Waals surface area contributed by atoms with Crippen LogP contribution in [-0.2, 0) is 29.2 Å². The lowest BCUT2D eigenvalue weighted by atomic mass is 9.64. The van der Waals surface area contributed by atoms with Gasteiger partial charge in [0.2, 0.25) is 0 Å². The molecule has 0 saturated carbocycles. The molecule has 0 aromatic heterocycles. The molecular weight excluding hydrogens is 552 g/mol. The number of allylic oxidation sites excluding steroid dienone is 16. The van der Waals surface area contributed by atoms with E-state index in [1.54, 1.807) is 0 Å². The van der Waals surface area contributed by atoms with Gasteiger partial charge in [-0.05, 0) is 77.5 Å². The molecule has 1 atom stereocenters. The van der Waals surface area contributed by atoms with Gasteiger partial charge in [-0.15, -0.1) is 0 Å². The second-order valence-electron chi connectivity index (χ2n) is 9.98. The van der Waals surface area contributed by atoms with Gasteiger partial charge in [-0.2, -0.15) is 0 Å². The van der Waals surface area contributed by atoms with E-state index in [-0.39, 0.29) is 26.4 Å². The molecule has 4 rings (SSSR count). The second kappa shape index (κ2) is 15.4. The number of hydrogen-bond acceptors (Lipinski definition) is 6. The SMILES string of the molecule is C=CC(=O)OCCOC1=CC=C(C2(c3ccc(OCCOC(=O)C=C)cc3)C3=C(C=CCC=C3)C(C=C)=C2/C=C\C)CC=C1. The molecule has 226 valence electrons. The number of benzene rings is 1. The summed E-state index contributed by atoms with van der Waals surface area (Å²) in [6, 6.07) is 8.09. The Balaban J connectivity index is 1.77. The van der Waals surface area contributed by atoms with Crippen molar-refractivity contribution >= 4 is 11.9 Å². The van der Waals surface area contributed by atoms with E-state index in [4.69, 9.17) is 18.9 Å². The highest BCUT2D eigenvalue weighted by atomic mass is 16.6. The highest BCUT2D eigenvalue weighted by molar-refractivity contribution is 5.81. The average Bonchev–Trinajstić information content (AvgIpc) is 3.29. The van der Waals surface area contributed by atoms with Gasteiger partial charge in [-0.25, -0.2) is 9.59 Å². The maximum Gasteiger partial charge on any atom is 0.330 e. The zero-order chi connectivity index (χ0) is 31.4. The molecule has 44 heavy (non-hydrogen) atoms. The van der Waals surface area contributed by atoms with Crippen molar-refractivity contribution in [2.24, 2.45) is 0 Å². The summed E-state index contributed by atoms with van der Waals surface area (Å²) in [4.78, 5) is 22.7. The van der Waals surface area contributed by atoms with Crippen molar-refractivity contribution < 1.29 is 28.5 Å².